The molecule has 0 aromatic heterocycles. The van der Waals surface area contributed by atoms with E-state index in [-0.39, 0.29) is 5.60 Å². The lowest BCUT2D eigenvalue weighted by atomic mass is 9.89. The van der Waals surface area contributed by atoms with Gasteiger partial charge in [-0.15, -0.1) is 0 Å². The molecule has 0 atom stereocenters. The predicted octanol–water partition coefficient (Wildman–Crippen LogP) is 1.02. The van der Waals surface area contributed by atoms with Crippen LogP contribution in [0, 0.1) is 0 Å². The Morgan fingerprint density at radius 1 is 1.18 bits per heavy atom. The van der Waals surface area contributed by atoms with Gasteiger partial charge in [0.25, 0.3) is 0 Å². The van der Waals surface area contributed by atoms with E-state index >= 15 is 0 Å². The molecule has 0 aromatic rings. The molecule has 0 radical (unpaired) electrons. The van der Waals surface area contributed by atoms with Gasteiger partial charge in [0.15, 0.2) is 0 Å². The van der Waals surface area contributed by atoms with E-state index in [1.165, 1.54) is 17.9 Å². The summed E-state index contributed by atoms with van der Waals surface area (Å²) in [7, 11) is 0. The molecule has 3 heteroatoms. The van der Waals surface area contributed by atoms with Crippen molar-refractivity contribution in [1.29, 1.82) is 0 Å². The van der Waals surface area contributed by atoms with Gasteiger partial charge in [0.2, 0.25) is 0 Å². The zero-order valence-corrected chi connectivity index (χ0v) is 6.75. The molecule has 2 aliphatic rings. The van der Waals surface area contributed by atoms with Crippen LogP contribution < -0.4 is 0 Å². The fraction of sp³-hybridized carbons (Fsp3) is 1.00. The predicted molar refractivity (Wildman–Crippen MR) is 40.5 cm³/mol. The van der Waals surface area contributed by atoms with Crippen molar-refractivity contribution in [3.63, 3.8) is 0 Å². The molecule has 2 saturated heterocycles. The standard InChI is InChI=1S/C8H15NO2/c10-9-5-3-8(4-6-9)2-1-7-11-8/h10H,1-7H2. The summed E-state index contributed by atoms with van der Waals surface area (Å²) in [6.45, 7) is 2.48. The summed E-state index contributed by atoms with van der Waals surface area (Å²) in [5.41, 5.74) is 0.152. The monoisotopic (exact) mass is 157 g/mol. The Labute approximate surface area is 66.9 Å². The number of piperidine rings is 1. The highest BCUT2D eigenvalue weighted by Gasteiger charge is 2.37. The van der Waals surface area contributed by atoms with E-state index in [1.807, 2.05) is 0 Å². The molecular formula is C8H15NO2. The van der Waals surface area contributed by atoms with Crippen LogP contribution in [0.1, 0.15) is 25.7 Å². The molecule has 2 aliphatic heterocycles. The van der Waals surface area contributed by atoms with E-state index in [1.54, 1.807) is 0 Å². The maximum Gasteiger partial charge on any atom is 0.0709 e. The summed E-state index contributed by atoms with van der Waals surface area (Å²) in [5.74, 6) is 0. The molecule has 0 amide bonds. The largest absolute Gasteiger partial charge is 0.375 e. The lowest BCUT2D eigenvalue weighted by molar-refractivity contribution is -0.150. The van der Waals surface area contributed by atoms with Gasteiger partial charge in [0.1, 0.15) is 0 Å². The average molecular weight is 157 g/mol. The number of ether oxygens (including phenoxy) is 1. The highest BCUT2D eigenvalue weighted by atomic mass is 16.5. The summed E-state index contributed by atoms with van der Waals surface area (Å²) in [4.78, 5) is 0. The van der Waals surface area contributed by atoms with Crippen molar-refractivity contribution in [2.45, 2.75) is 31.3 Å². The topological polar surface area (TPSA) is 32.7 Å². The van der Waals surface area contributed by atoms with E-state index in [0.29, 0.717) is 0 Å². The minimum atomic E-state index is 0.152. The first-order valence-corrected chi connectivity index (χ1v) is 4.39. The number of hydroxylamine groups is 2. The fourth-order valence-electron chi connectivity index (χ4n) is 2.05. The summed E-state index contributed by atoms with van der Waals surface area (Å²) in [5, 5.41) is 10.5. The van der Waals surface area contributed by atoms with Gasteiger partial charge < -0.3 is 9.94 Å². The third-order valence-electron chi connectivity index (χ3n) is 2.84. The Hall–Kier alpha value is -0.120. The number of rotatable bonds is 0. The molecule has 11 heavy (non-hydrogen) atoms. The van der Waals surface area contributed by atoms with Crippen LogP contribution in [0.5, 0.6) is 0 Å². The van der Waals surface area contributed by atoms with Crippen LogP contribution in [0.3, 0.4) is 0 Å². The van der Waals surface area contributed by atoms with Crippen molar-refractivity contribution >= 4 is 0 Å². The molecular weight excluding hydrogens is 142 g/mol. The second-order valence-electron chi connectivity index (χ2n) is 3.59. The molecule has 0 saturated carbocycles. The van der Waals surface area contributed by atoms with Gasteiger partial charge in [0, 0.05) is 19.7 Å². The smallest absolute Gasteiger partial charge is 0.0709 e. The van der Waals surface area contributed by atoms with Crippen LogP contribution in [0.25, 0.3) is 0 Å². The molecule has 0 bridgehead atoms. The van der Waals surface area contributed by atoms with Gasteiger partial charge in [0.05, 0.1) is 5.60 Å². The third kappa shape index (κ3) is 1.41. The third-order valence-corrected chi connectivity index (χ3v) is 2.84. The van der Waals surface area contributed by atoms with Crippen LogP contribution in [-0.4, -0.2) is 35.6 Å². The van der Waals surface area contributed by atoms with E-state index < -0.39 is 0 Å². The minimum Gasteiger partial charge on any atom is -0.375 e. The number of hydrogen-bond acceptors (Lipinski definition) is 3. The Morgan fingerprint density at radius 2 is 1.91 bits per heavy atom. The molecule has 64 valence electrons. The van der Waals surface area contributed by atoms with E-state index in [4.69, 9.17) is 9.94 Å². The summed E-state index contributed by atoms with van der Waals surface area (Å²) in [6, 6.07) is 0. The molecule has 2 heterocycles. The maximum atomic E-state index is 9.13. The second-order valence-corrected chi connectivity index (χ2v) is 3.59. The van der Waals surface area contributed by atoms with Crippen molar-refractivity contribution in [2.24, 2.45) is 0 Å². The number of hydrogen-bond donors (Lipinski definition) is 1. The molecule has 2 fully saturated rings. The Morgan fingerprint density at radius 3 is 2.45 bits per heavy atom. The lowest BCUT2D eigenvalue weighted by Gasteiger charge is -2.35. The zero-order valence-electron chi connectivity index (χ0n) is 6.75. The second kappa shape index (κ2) is 2.73. The first-order valence-electron chi connectivity index (χ1n) is 4.39. The van der Waals surface area contributed by atoms with Crippen molar-refractivity contribution in [1.82, 2.24) is 5.06 Å². The molecule has 2 rings (SSSR count). The quantitative estimate of drug-likeness (QED) is 0.570. The minimum absolute atomic E-state index is 0.152. The maximum absolute atomic E-state index is 9.13. The molecule has 0 aromatic carbocycles. The zero-order chi connectivity index (χ0) is 7.73. The van der Waals surface area contributed by atoms with Crippen molar-refractivity contribution in [3.05, 3.63) is 0 Å². The highest BCUT2D eigenvalue weighted by molar-refractivity contribution is 4.88. The van der Waals surface area contributed by atoms with Gasteiger partial charge >= 0.3 is 0 Å². The SMILES string of the molecule is ON1CCC2(CCCO2)CC1. The van der Waals surface area contributed by atoms with Crippen LogP contribution in [0.15, 0.2) is 0 Å². The first-order chi connectivity index (χ1) is 5.31. The molecule has 1 N–H and O–H groups in total. The van der Waals surface area contributed by atoms with Crippen LogP contribution in [-0.2, 0) is 4.74 Å². The number of nitrogens with zero attached hydrogens (tertiary/aromatic N) is 1. The first kappa shape index (κ1) is 7.53. The van der Waals surface area contributed by atoms with Gasteiger partial charge in [-0.05, 0) is 25.7 Å². The van der Waals surface area contributed by atoms with E-state index in [9.17, 15) is 0 Å². The molecule has 0 aliphatic carbocycles. The fourth-order valence-corrected chi connectivity index (χ4v) is 2.05. The van der Waals surface area contributed by atoms with E-state index in [0.717, 1.165) is 32.5 Å². The molecule has 3 nitrogen and oxygen atoms in total. The Kier molecular flexibility index (Phi) is 1.87. The molecule has 1 spiro atoms. The summed E-state index contributed by atoms with van der Waals surface area (Å²) in [6.07, 6.45) is 4.40. The van der Waals surface area contributed by atoms with Crippen molar-refractivity contribution in [3.8, 4) is 0 Å². The normalized spacial score (nSPS) is 31.4. The van der Waals surface area contributed by atoms with Crippen LogP contribution in [0.2, 0.25) is 0 Å². The van der Waals surface area contributed by atoms with Gasteiger partial charge in [-0.1, -0.05) is 0 Å². The van der Waals surface area contributed by atoms with Gasteiger partial charge in [-0.25, -0.2) is 0 Å². The van der Waals surface area contributed by atoms with Crippen molar-refractivity contribution in [2.75, 3.05) is 19.7 Å². The van der Waals surface area contributed by atoms with Crippen LogP contribution >= 0.6 is 0 Å². The average Bonchev–Trinajstić information content (AvgIpc) is 2.45. The Balaban J connectivity index is 1.94. The summed E-state index contributed by atoms with van der Waals surface area (Å²) < 4.78 is 5.69. The van der Waals surface area contributed by atoms with E-state index in [2.05, 4.69) is 0 Å². The lowest BCUT2D eigenvalue weighted by Crippen LogP contribution is -2.42. The Bertz CT molecular complexity index is 133. The summed E-state index contributed by atoms with van der Waals surface area (Å²) >= 11 is 0. The van der Waals surface area contributed by atoms with Gasteiger partial charge in [-0.3, -0.25) is 0 Å². The van der Waals surface area contributed by atoms with Crippen molar-refractivity contribution < 1.29 is 9.94 Å². The van der Waals surface area contributed by atoms with Gasteiger partial charge in [-0.2, -0.15) is 5.06 Å². The van der Waals surface area contributed by atoms with Crippen LogP contribution in [0.4, 0.5) is 0 Å². The highest BCUT2D eigenvalue weighted by Crippen LogP contribution is 2.34. The molecule has 0 unspecified atom stereocenters.